The first-order valence-electron chi connectivity index (χ1n) is 5.97. The van der Waals surface area contributed by atoms with Crippen molar-refractivity contribution in [3.05, 3.63) is 63.6 Å². The van der Waals surface area contributed by atoms with Gasteiger partial charge in [-0.2, -0.15) is 0 Å². The standard InChI is InChI=1S/C15H15Cl2NS/c1-10-5-2-3-8-14(10)19-9-13(18)11-6-4-7-12(16)15(11)17/h2-8,13H,9,18H2,1H3. The van der Waals surface area contributed by atoms with Crippen molar-refractivity contribution in [1.29, 1.82) is 0 Å². The number of thioether (sulfide) groups is 1. The van der Waals surface area contributed by atoms with E-state index in [1.807, 2.05) is 24.3 Å². The van der Waals surface area contributed by atoms with Crippen LogP contribution in [-0.2, 0) is 0 Å². The van der Waals surface area contributed by atoms with Crippen LogP contribution in [0.4, 0.5) is 0 Å². The Bertz CT molecular complexity index is 572. The third-order valence-electron chi connectivity index (χ3n) is 2.89. The van der Waals surface area contributed by atoms with Gasteiger partial charge in [-0.25, -0.2) is 0 Å². The van der Waals surface area contributed by atoms with Crippen molar-refractivity contribution in [2.45, 2.75) is 17.9 Å². The lowest BCUT2D eigenvalue weighted by Crippen LogP contribution is -2.13. The molecular weight excluding hydrogens is 297 g/mol. The summed E-state index contributed by atoms with van der Waals surface area (Å²) in [5, 5.41) is 1.11. The number of hydrogen-bond donors (Lipinski definition) is 1. The van der Waals surface area contributed by atoms with Gasteiger partial charge >= 0.3 is 0 Å². The average Bonchev–Trinajstić information content (AvgIpc) is 2.40. The molecular formula is C15H15Cl2NS. The number of aryl methyl sites for hydroxylation is 1. The minimum Gasteiger partial charge on any atom is -0.323 e. The first-order valence-corrected chi connectivity index (χ1v) is 7.71. The minimum absolute atomic E-state index is 0.129. The number of rotatable bonds is 4. The Kier molecular flexibility index (Phi) is 5.17. The Morgan fingerprint density at radius 1 is 1.11 bits per heavy atom. The molecule has 0 amide bonds. The van der Waals surface area contributed by atoms with E-state index in [0.29, 0.717) is 10.0 Å². The van der Waals surface area contributed by atoms with Crippen molar-refractivity contribution in [3.63, 3.8) is 0 Å². The molecule has 19 heavy (non-hydrogen) atoms. The van der Waals surface area contributed by atoms with Crippen LogP contribution >= 0.6 is 35.0 Å². The molecule has 100 valence electrons. The quantitative estimate of drug-likeness (QED) is 0.795. The van der Waals surface area contributed by atoms with Crippen molar-refractivity contribution in [2.75, 3.05) is 5.75 Å². The lowest BCUT2D eigenvalue weighted by molar-refractivity contribution is 0.831. The van der Waals surface area contributed by atoms with Gasteiger partial charge in [0.05, 0.1) is 10.0 Å². The SMILES string of the molecule is Cc1ccccc1SCC(N)c1cccc(Cl)c1Cl. The zero-order valence-electron chi connectivity index (χ0n) is 10.6. The zero-order chi connectivity index (χ0) is 13.8. The number of halogens is 2. The van der Waals surface area contributed by atoms with E-state index < -0.39 is 0 Å². The molecule has 0 bridgehead atoms. The molecule has 0 saturated carbocycles. The fraction of sp³-hybridized carbons (Fsp3) is 0.200. The van der Waals surface area contributed by atoms with Gasteiger partial charge in [0.25, 0.3) is 0 Å². The summed E-state index contributed by atoms with van der Waals surface area (Å²) in [5.74, 6) is 0.769. The lowest BCUT2D eigenvalue weighted by Gasteiger charge is -2.14. The maximum atomic E-state index is 6.20. The maximum absolute atomic E-state index is 6.20. The molecule has 1 nitrogen and oxygen atoms in total. The zero-order valence-corrected chi connectivity index (χ0v) is 12.9. The van der Waals surface area contributed by atoms with Crippen LogP contribution in [0.25, 0.3) is 0 Å². The van der Waals surface area contributed by atoms with Gasteiger partial charge < -0.3 is 5.73 Å². The third kappa shape index (κ3) is 3.67. The van der Waals surface area contributed by atoms with Gasteiger partial charge in [0.15, 0.2) is 0 Å². The van der Waals surface area contributed by atoms with Crippen molar-refractivity contribution >= 4 is 35.0 Å². The van der Waals surface area contributed by atoms with Crippen LogP contribution in [0, 0.1) is 6.92 Å². The Labute approximate surface area is 128 Å². The fourth-order valence-corrected chi connectivity index (χ4v) is 3.25. The molecule has 2 rings (SSSR count). The number of hydrogen-bond acceptors (Lipinski definition) is 2. The highest BCUT2D eigenvalue weighted by Crippen LogP contribution is 2.32. The van der Waals surface area contributed by atoms with E-state index in [9.17, 15) is 0 Å². The summed E-state index contributed by atoms with van der Waals surface area (Å²) in [7, 11) is 0. The fourth-order valence-electron chi connectivity index (χ4n) is 1.79. The van der Waals surface area contributed by atoms with E-state index in [1.165, 1.54) is 10.5 Å². The third-order valence-corrected chi connectivity index (χ3v) is 5.02. The van der Waals surface area contributed by atoms with Crippen LogP contribution in [0.5, 0.6) is 0 Å². The monoisotopic (exact) mass is 311 g/mol. The molecule has 0 spiro atoms. The molecule has 0 radical (unpaired) electrons. The number of benzene rings is 2. The Morgan fingerprint density at radius 3 is 2.58 bits per heavy atom. The van der Waals surface area contributed by atoms with E-state index in [1.54, 1.807) is 17.8 Å². The van der Waals surface area contributed by atoms with Gasteiger partial charge in [0.1, 0.15) is 0 Å². The summed E-state index contributed by atoms with van der Waals surface area (Å²) in [4.78, 5) is 1.25. The molecule has 0 heterocycles. The molecule has 2 aromatic carbocycles. The predicted octanol–water partition coefficient (Wildman–Crippen LogP) is 5.09. The highest BCUT2D eigenvalue weighted by Gasteiger charge is 2.13. The van der Waals surface area contributed by atoms with Crippen molar-refractivity contribution in [1.82, 2.24) is 0 Å². The van der Waals surface area contributed by atoms with Crippen LogP contribution in [0.1, 0.15) is 17.2 Å². The van der Waals surface area contributed by atoms with Crippen LogP contribution in [-0.4, -0.2) is 5.75 Å². The molecule has 0 aliphatic heterocycles. The lowest BCUT2D eigenvalue weighted by atomic mass is 10.1. The van der Waals surface area contributed by atoms with Gasteiger partial charge in [-0.15, -0.1) is 11.8 Å². The van der Waals surface area contributed by atoms with E-state index in [4.69, 9.17) is 28.9 Å². The van der Waals surface area contributed by atoms with Gasteiger partial charge in [-0.3, -0.25) is 0 Å². The Balaban J connectivity index is 2.08. The van der Waals surface area contributed by atoms with Gasteiger partial charge in [-0.05, 0) is 30.2 Å². The average molecular weight is 312 g/mol. The summed E-state index contributed by atoms with van der Waals surface area (Å²) in [5.41, 5.74) is 8.36. The number of nitrogens with two attached hydrogens (primary N) is 1. The van der Waals surface area contributed by atoms with E-state index in [-0.39, 0.29) is 6.04 Å². The topological polar surface area (TPSA) is 26.0 Å². The van der Waals surface area contributed by atoms with E-state index in [2.05, 4.69) is 19.1 Å². The smallest absolute Gasteiger partial charge is 0.0640 e. The molecule has 0 fully saturated rings. The second-order valence-electron chi connectivity index (χ2n) is 4.33. The maximum Gasteiger partial charge on any atom is 0.0640 e. The molecule has 0 aliphatic carbocycles. The van der Waals surface area contributed by atoms with Crippen molar-refractivity contribution in [2.24, 2.45) is 5.73 Å². The van der Waals surface area contributed by atoms with E-state index in [0.717, 1.165) is 11.3 Å². The van der Waals surface area contributed by atoms with Crippen molar-refractivity contribution < 1.29 is 0 Å². The summed E-state index contributed by atoms with van der Waals surface area (Å²) in [6.45, 7) is 2.10. The largest absolute Gasteiger partial charge is 0.323 e. The predicted molar refractivity (Wildman–Crippen MR) is 85.3 cm³/mol. The van der Waals surface area contributed by atoms with Crippen molar-refractivity contribution in [3.8, 4) is 0 Å². The molecule has 1 atom stereocenters. The Morgan fingerprint density at radius 2 is 1.84 bits per heavy atom. The van der Waals surface area contributed by atoms with Crippen LogP contribution in [0.2, 0.25) is 10.0 Å². The van der Waals surface area contributed by atoms with Crippen LogP contribution in [0.3, 0.4) is 0 Å². The second-order valence-corrected chi connectivity index (χ2v) is 6.17. The summed E-state index contributed by atoms with van der Waals surface area (Å²) in [6.07, 6.45) is 0. The van der Waals surface area contributed by atoms with Gasteiger partial charge in [0, 0.05) is 16.7 Å². The molecule has 0 saturated heterocycles. The molecule has 1 unspecified atom stereocenters. The summed E-state index contributed by atoms with van der Waals surface area (Å²) in [6, 6.07) is 13.7. The minimum atomic E-state index is -0.129. The first-order chi connectivity index (χ1) is 9.09. The molecule has 4 heteroatoms. The molecule has 2 N–H and O–H groups in total. The summed E-state index contributed by atoms with van der Waals surface area (Å²) < 4.78 is 0. The van der Waals surface area contributed by atoms with Gasteiger partial charge in [-0.1, -0.05) is 53.5 Å². The highest BCUT2D eigenvalue weighted by molar-refractivity contribution is 7.99. The van der Waals surface area contributed by atoms with Crippen LogP contribution in [0.15, 0.2) is 47.4 Å². The summed E-state index contributed by atoms with van der Waals surface area (Å²) >= 11 is 13.9. The normalized spacial score (nSPS) is 12.4. The van der Waals surface area contributed by atoms with Crippen LogP contribution < -0.4 is 5.73 Å². The molecule has 0 aromatic heterocycles. The highest BCUT2D eigenvalue weighted by atomic mass is 35.5. The van der Waals surface area contributed by atoms with Gasteiger partial charge in [0.2, 0.25) is 0 Å². The molecule has 0 aliphatic rings. The molecule has 2 aromatic rings. The first kappa shape index (κ1) is 14.7. The Hall–Kier alpha value is -0.670. The van der Waals surface area contributed by atoms with E-state index >= 15 is 0 Å². The second kappa shape index (κ2) is 6.67.